The predicted molar refractivity (Wildman–Crippen MR) is 92.7 cm³/mol. The van der Waals surface area contributed by atoms with Crippen LogP contribution in [0.25, 0.3) is 10.4 Å². The third-order valence-corrected chi connectivity index (χ3v) is 5.05. The Labute approximate surface area is 142 Å². The van der Waals surface area contributed by atoms with Crippen molar-refractivity contribution < 1.29 is 15.0 Å². The van der Waals surface area contributed by atoms with Crippen LogP contribution in [-0.4, -0.2) is 16.0 Å². The smallest absolute Gasteiger partial charge is 0.203 e. The van der Waals surface area contributed by atoms with E-state index in [1.807, 2.05) is 6.07 Å². The largest absolute Gasteiger partial charge is 0.508 e. The van der Waals surface area contributed by atoms with Gasteiger partial charge in [-0.25, -0.2) is 0 Å². The maximum absolute atomic E-state index is 12.6. The summed E-state index contributed by atoms with van der Waals surface area (Å²) in [7, 11) is 0. The number of ketones is 1. The Morgan fingerprint density at radius 2 is 1.83 bits per heavy atom. The van der Waals surface area contributed by atoms with Gasteiger partial charge < -0.3 is 10.2 Å². The van der Waals surface area contributed by atoms with E-state index in [0.717, 1.165) is 10.4 Å². The van der Waals surface area contributed by atoms with E-state index in [1.54, 1.807) is 43.3 Å². The fraction of sp³-hybridized carbons (Fsp3) is 0.0556. The number of phenolic OH excluding ortho intramolecular Hbond substituents is 2. The van der Waals surface area contributed by atoms with Crippen LogP contribution in [0.15, 0.2) is 48.5 Å². The molecule has 0 atom stereocenters. The van der Waals surface area contributed by atoms with Gasteiger partial charge >= 0.3 is 0 Å². The molecule has 23 heavy (non-hydrogen) atoms. The summed E-state index contributed by atoms with van der Waals surface area (Å²) in [4.78, 5) is 14.1. The molecule has 2 N–H and O–H groups in total. The Hall–Kier alpha value is -2.30. The zero-order chi connectivity index (χ0) is 16.6. The molecule has 116 valence electrons. The number of halogens is 1. The Morgan fingerprint density at radius 3 is 2.57 bits per heavy atom. The highest BCUT2D eigenvalue weighted by molar-refractivity contribution is 7.17. The van der Waals surface area contributed by atoms with Gasteiger partial charge in [0.2, 0.25) is 5.78 Å². The van der Waals surface area contributed by atoms with Gasteiger partial charge in [-0.05, 0) is 48.9 Å². The minimum Gasteiger partial charge on any atom is -0.508 e. The van der Waals surface area contributed by atoms with Crippen LogP contribution in [0.3, 0.4) is 0 Å². The maximum atomic E-state index is 12.6. The summed E-state index contributed by atoms with van der Waals surface area (Å²) in [6.07, 6.45) is 0. The first-order valence-corrected chi connectivity index (χ1v) is 8.09. The first-order chi connectivity index (χ1) is 11.0. The van der Waals surface area contributed by atoms with E-state index in [0.29, 0.717) is 16.0 Å². The molecule has 0 fully saturated rings. The number of hydrogen-bond donors (Lipinski definition) is 2. The average molecular weight is 345 g/mol. The molecular formula is C18H13ClO3S. The van der Waals surface area contributed by atoms with E-state index in [4.69, 9.17) is 11.6 Å². The number of benzene rings is 2. The second kappa shape index (κ2) is 6.07. The summed E-state index contributed by atoms with van der Waals surface area (Å²) in [5, 5.41) is 19.5. The van der Waals surface area contributed by atoms with Crippen molar-refractivity contribution >= 4 is 28.7 Å². The molecule has 2 aromatic carbocycles. The van der Waals surface area contributed by atoms with Crippen molar-refractivity contribution in [2.24, 2.45) is 0 Å². The van der Waals surface area contributed by atoms with Crippen molar-refractivity contribution in [2.45, 2.75) is 6.92 Å². The van der Waals surface area contributed by atoms with Gasteiger partial charge in [-0.1, -0.05) is 23.7 Å². The van der Waals surface area contributed by atoms with Crippen LogP contribution < -0.4 is 0 Å². The number of carbonyl (C=O) groups is 1. The molecule has 0 aliphatic rings. The van der Waals surface area contributed by atoms with Gasteiger partial charge in [0.05, 0.1) is 9.90 Å². The van der Waals surface area contributed by atoms with E-state index >= 15 is 0 Å². The molecule has 3 rings (SSSR count). The normalized spacial score (nSPS) is 10.7. The van der Waals surface area contributed by atoms with Gasteiger partial charge in [-0.2, -0.15) is 0 Å². The van der Waals surface area contributed by atoms with Gasteiger partial charge in [0.25, 0.3) is 0 Å². The van der Waals surface area contributed by atoms with Crippen LogP contribution in [0, 0.1) is 6.92 Å². The molecule has 1 aromatic heterocycles. The molecule has 0 spiro atoms. The second-order valence-electron chi connectivity index (χ2n) is 5.11. The van der Waals surface area contributed by atoms with E-state index in [9.17, 15) is 15.0 Å². The summed E-state index contributed by atoms with van der Waals surface area (Å²) in [5.74, 6) is 0.0103. The summed E-state index contributed by atoms with van der Waals surface area (Å²) < 4.78 is 0. The van der Waals surface area contributed by atoms with Crippen molar-refractivity contribution in [3.05, 3.63) is 69.6 Å². The van der Waals surface area contributed by atoms with Crippen LogP contribution in [0.1, 0.15) is 20.8 Å². The molecule has 0 bridgehead atoms. The SMILES string of the molecule is Cc1c(O)cccc1C(=O)c1ccc(-c2ccc(O)c(Cl)c2)s1. The van der Waals surface area contributed by atoms with Crippen LogP contribution in [0.5, 0.6) is 11.5 Å². The van der Waals surface area contributed by atoms with Gasteiger partial charge in [0.15, 0.2) is 0 Å². The fourth-order valence-electron chi connectivity index (χ4n) is 2.28. The second-order valence-corrected chi connectivity index (χ2v) is 6.60. The average Bonchev–Trinajstić information content (AvgIpc) is 3.02. The summed E-state index contributed by atoms with van der Waals surface area (Å²) in [6, 6.07) is 13.5. The molecule has 0 saturated carbocycles. The van der Waals surface area contributed by atoms with Crippen molar-refractivity contribution in [1.29, 1.82) is 0 Å². The first-order valence-electron chi connectivity index (χ1n) is 6.89. The van der Waals surface area contributed by atoms with Crippen LogP contribution in [0.2, 0.25) is 5.02 Å². The third kappa shape index (κ3) is 2.96. The molecule has 3 aromatic rings. The number of phenols is 2. The molecule has 0 aliphatic carbocycles. The molecule has 0 unspecified atom stereocenters. The van der Waals surface area contributed by atoms with E-state index in [2.05, 4.69) is 0 Å². The van der Waals surface area contributed by atoms with Gasteiger partial charge in [0, 0.05) is 16.0 Å². The molecule has 5 heteroatoms. The zero-order valence-corrected chi connectivity index (χ0v) is 13.8. The minimum absolute atomic E-state index is 0.0265. The standard InChI is InChI=1S/C18H13ClO3S/c1-10-12(3-2-4-14(10)20)18(22)17-8-7-16(23-17)11-5-6-15(21)13(19)9-11/h2-9,20-21H,1H3. The fourth-order valence-corrected chi connectivity index (χ4v) is 3.41. The summed E-state index contributed by atoms with van der Waals surface area (Å²) in [6.45, 7) is 1.72. The Bertz CT molecular complexity index is 899. The number of hydrogen-bond acceptors (Lipinski definition) is 4. The summed E-state index contributed by atoms with van der Waals surface area (Å²) in [5.41, 5.74) is 1.90. The molecule has 0 amide bonds. The predicted octanol–water partition coefficient (Wildman–Crippen LogP) is 5.02. The van der Waals surface area contributed by atoms with Crippen molar-refractivity contribution in [1.82, 2.24) is 0 Å². The van der Waals surface area contributed by atoms with Crippen LogP contribution in [0.4, 0.5) is 0 Å². The number of thiophene rings is 1. The highest BCUT2D eigenvalue weighted by Gasteiger charge is 2.16. The number of carbonyl (C=O) groups excluding carboxylic acids is 1. The lowest BCUT2D eigenvalue weighted by Crippen LogP contribution is -2.01. The topological polar surface area (TPSA) is 57.5 Å². The van der Waals surface area contributed by atoms with Crippen molar-refractivity contribution in [2.75, 3.05) is 0 Å². The lowest BCUT2D eigenvalue weighted by Gasteiger charge is -2.05. The van der Waals surface area contributed by atoms with Crippen molar-refractivity contribution in [3.63, 3.8) is 0 Å². The zero-order valence-electron chi connectivity index (χ0n) is 12.2. The first kappa shape index (κ1) is 15.6. The van der Waals surface area contributed by atoms with Gasteiger partial charge in [-0.3, -0.25) is 4.79 Å². The van der Waals surface area contributed by atoms with Crippen molar-refractivity contribution in [3.8, 4) is 21.9 Å². The highest BCUT2D eigenvalue weighted by atomic mass is 35.5. The van der Waals surface area contributed by atoms with E-state index in [1.165, 1.54) is 17.4 Å². The molecule has 0 aliphatic heterocycles. The van der Waals surface area contributed by atoms with Gasteiger partial charge in [0.1, 0.15) is 11.5 Å². The van der Waals surface area contributed by atoms with Crippen LogP contribution >= 0.6 is 22.9 Å². The molecule has 3 nitrogen and oxygen atoms in total. The maximum Gasteiger partial charge on any atom is 0.203 e. The molecule has 0 saturated heterocycles. The van der Waals surface area contributed by atoms with Crippen LogP contribution in [-0.2, 0) is 0 Å². The highest BCUT2D eigenvalue weighted by Crippen LogP contribution is 2.34. The third-order valence-electron chi connectivity index (χ3n) is 3.61. The molecule has 1 heterocycles. The summed E-state index contributed by atoms with van der Waals surface area (Å²) >= 11 is 7.27. The monoisotopic (exact) mass is 344 g/mol. The Kier molecular flexibility index (Phi) is 4.11. The number of rotatable bonds is 3. The molecular weight excluding hydrogens is 332 g/mol. The lowest BCUT2D eigenvalue weighted by molar-refractivity contribution is 0.104. The minimum atomic E-state index is -0.125. The Morgan fingerprint density at radius 1 is 1.04 bits per heavy atom. The number of aromatic hydroxyl groups is 2. The van der Waals surface area contributed by atoms with E-state index < -0.39 is 0 Å². The lowest BCUT2D eigenvalue weighted by atomic mass is 10.0. The van der Waals surface area contributed by atoms with Gasteiger partial charge in [-0.15, -0.1) is 11.3 Å². The van der Waals surface area contributed by atoms with E-state index in [-0.39, 0.29) is 22.3 Å². The molecule has 0 radical (unpaired) electrons. The quantitative estimate of drug-likeness (QED) is 0.656. The Balaban J connectivity index is 1.97.